The molecule has 1 aromatic heterocycles. The molecule has 1 aliphatic heterocycles. The molecule has 0 fully saturated rings. The first-order valence-electron chi connectivity index (χ1n) is 5.43. The number of carboxylic acid groups (broad SMARTS) is 1. The largest absolute Gasteiger partial charge is 0.480 e. The van der Waals surface area contributed by atoms with Crippen molar-refractivity contribution in [3.8, 4) is 0 Å². The lowest BCUT2D eigenvalue weighted by molar-refractivity contribution is -0.139. The standard InChI is InChI=1S/C12H11FN2O2/c13-6-1-2-9-8(5-6)7-3-4-14-11(12(16)17)10(7)15-9/h1-2,5,11,14-15H,3-4H2,(H,16,17). The van der Waals surface area contributed by atoms with Crippen LogP contribution in [0.15, 0.2) is 18.2 Å². The fourth-order valence-corrected chi connectivity index (χ4v) is 2.41. The monoisotopic (exact) mass is 234 g/mol. The number of aliphatic carboxylic acids is 1. The van der Waals surface area contributed by atoms with Gasteiger partial charge in [-0.25, -0.2) is 4.39 Å². The minimum Gasteiger partial charge on any atom is -0.480 e. The van der Waals surface area contributed by atoms with Gasteiger partial charge in [-0.1, -0.05) is 0 Å². The van der Waals surface area contributed by atoms with Gasteiger partial charge < -0.3 is 10.1 Å². The molecular formula is C12H11FN2O2. The van der Waals surface area contributed by atoms with E-state index in [1.54, 1.807) is 6.07 Å². The number of aromatic nitrogens is 1. The molecule has 3 rings (SSSR count). The molecule has 2 heterocycles. The summed E-state index contributed by atoms with van der Waals surface area (Å²) in [6.45, 7) is 0.591. The van der Waals surface area contributed by atoms with Crippen LogP contribution >= 0.6 is 0 Å². The average molecular weight is 234 g/mol. The number of rotatable bonds is 1. The molecule has 1 atom stereocenters. The molecule has 0 bridgehead atoms. The predicted octanol–water partition coefficient (Wildman–Crippen LogP) is 1.58. The van der Waals surface area contributed by atoms with E-state index in [0.29, 0.717) is 18.7 Å². The van der Waals surface area contributed by atoms with Crippen LogP contribution < -0.4 is 5.32 Å². The van der Waals surface area contributed by atoms with E-state index in [1.165, 1.54) is 12.1 Å². The number of fused-ring (bicyclic) bond motifs is 3. The van der Waals surface area contributed by atoms with Gasteiger partial charge in [-0.2, -0.15) is 0 Å². The number of nitrogens with one attached hydrogen (secondary N) is 2. The van der Waals surface area contributed by atoms with Gasteiger partial charge in [-0.3, -0.25) is 10.1 Å². The SMILES string of the molecule is O=C(O)C1NCCc2c1[nH]c1ccc(F)cc21. The molecular weight excluding hydrogens is 223 g/mol. The number of benzene rings is 1. The Morgan fingerprint density at radius 2 is 2.29 bits per heavy atom. The van der Waals surface area contributed by atoms with Crippen molar-refractivity contribution in [1.82, 2.24) is 10.3 Å². The Hall–Kier alpha value is -1.88. The van der Waals surface area contributed by atoms with Crippen LogP contribution in [-0.2, 0) is 11.2 Å². The van der Waals surface area contributed by atoms with Crippen molar-refractivity contribution in [2.45, 2.75) is 12.5 Å². The maximum atomic E-state index is 13.2. The lowest BCUT2D eigenvalue weighted by Crippen LogP contribution is -2.34. The van der Waals surface area contributed by atoms with E-state index in [9.17, 15) is 9.18 Å². The molecule has 0 amide bonds. The molecule has 3 N–H and O–H groups in total. The summed E-state index contributed by atoms with van der Waals surface area (Å²) in [5.41, 5.74) is 2.33. The molecule has 17 heavy (non-hydrogen) atoms. The molecule has 88 valence electrons. The fourth-order valence-electron chi connectivity index (χ4n) is 2.41. The maximum absolute atomic E-state index is 13.2. The van der Waals surface area contributed by atoms with E-state index < -0.39 is 12.0 Å². The Labute approximate surface area is 96.4 Å². The summed E-state index contributed by atoms with van der Waals surface area (Å²) < 4.78 is 13.2. The second-order valence-electron chi connectivity index (χ2n) is 4.18. The van der Waals surface area contributed by atoms with E-state index >= 15 is 0 Å². The summed E-state index contributed by atoms with van der Waals surface area (Å²) in [6, 6.07) is 3.73. The van der Waals surface area contributed by atoms with E-state index in [1.807, 2.05) is 0 Å². The number of halogens is 1. The number of hydrogen-bond acceptors (Lipinski definition) is 2. The summed E-state index contributed by atoms with van der Waals surface area (Å²) in [4.78, 5) is 14.2. The highest BCUT2D eigenvalue weighted by molar-refractivity contribution is 5.88. The average Bonchev–Trinajstić information content (AvgIpc) is 2.66. The van der Waals surface area contributed by atoms with E-state index in [0.717, 1.165) is 16.5 Å². The van der Waals surface area contributed by atoms with Crippen molar-refractivity contribution in [1.29, 1.82) is 0 Å². The second kappa shape index (κ2) is 3.56. The highest BCUT2D eigenvalue weighted by Gasteiger charge is 2.28. The van der Waals surface area contributed by atoms with Crippen molar-refractivity contribution < 1.29 is 14.3 Å². The number of carboxylic acids is 1. The Morgan fingerprint density at radius 1 is 1.47 bits per heavy atom. The smallest absolute Gasteiger partial charge is 0.326 e. The number of hydrogen-bond donors (Lipinski definition) is 3. The third-order valence-electron chi connectivity index (χ3n) is 3.16. The molecule has 4 nitrogen and oxygen atoms in total. The van der Waals surface area contributed by atoms with Crippen molar-refractivity contribution in [3.63, 3.8) is 0 Å². The highest BCUT2D eigenvalue weighted by Crippen LogP contribution is 2.30. The minimum atomic E-state index is -0.919. The van der Waals surface area contributed by atoms with Gasteiger partial charge in [0.2, 0.25) is 0 Å². The van der Waals surface area contributed by atoms with E-state index in [4.69, 9.17) is 5.11 Å². The summed E-state index contributed by atoms with van der Waals surface area (Å²) in [6.07, 6.45) is 0.711. The minimum absolute atomic E-state index is 0.301. The van der Waals surface area contributed by atoms with Crippen LogP contribution in [0.4, 0.5) is 4.39 Å². The van der Waals surface area contributed by atoms with Gasteiger partial charge in [0.1, 0.15) is 11.9 Å². The molecule has 0 aliphatic carbocycles. The quantitative estimate of drug-likeness (QED) is 0.701. The second-order valence-corrected chi connectivity index (χ2v) is 4.18. The van der Waals surface area contributed by atoms with Gasteiger partial charge >= 0.3 is 5.97 Å². The zero-order valence-electron chi connectivity index (χ0n) is 8.96. The molecule has 5 heteroatoms. The molecule has 1 aliphatic rings. The Morgan fingerprint density at radius 3 is 3.06 bits per heavy atom. The lowest BCUT2D eigenvalue weighted by atomic mass is 9.99. The molecule has 0 saturated carbocycles. The first-order valence-corrected chi connectivity index (χ1v) is 5.43. The summed E-state index contributed by atoms with van der Waals surface area (Å²) >= 11 is 0. The van der Waals surface area contributed by atoms with Crippen LogP contribution in [0.25, 0.3) is 10.9 Å². The Kier molecular flexibility index (Phi) is 2.16. The lowest BCUT2D eigenvalue weighted by Gasteiger charge is -2.20. The summed E-state index contributed by atoms with van der Waals surface area (Å²) in [5, 5.41) is 12.8. The molecule has 0 spiro atoms. The number of aromatic amines is 1. The van der Waals surface area contributed by atoms with Crippen LogP contribution in [0.2, 0.25) is 0 Å². The molecule has 2 aromatic rings. The van der Waals surface area contributed by atoms with Crippen molar-refractivity contribution in [2.24, 2.45) is 0 Å². The van der Waals surface area contributed by atoms with Gasteiger partial charge in [-0.15, -0.1) is 0 Å². The molecule has 1 aromatic carbocycles. The number of carbonyl (C=O) groups is 1. The van der Waals surface area contributed by atoms with Gasteiger partial charge in [0.25, 0.3) is 0 Å². The van der Waals surface area contributed by atoms with Crippen LogP contribution in [0.1, 0.15) is 17.3 Å². The molecule has 0 saturated heterocycles. The third kappa shape index (κ3) is 1.51. The first kappa shape index (κ1) is 10.3. The first-order chi connectivity index (χ1) is 8.16. The van der Waals surface area contributed by atoms with Crippen molar-refractivity contribution >= 4 is 16.9 Å². The number of H-pyrrole nitrogens is 1. The van der Waals surface area contributed by atoms with Gasteiger partial charge in [0.15, 0.2) is 0 Å². The van der Waals surface area contributed by atoms with Crippen LogP contribution in [-0.4, -0.2) is 22.6 Å². The van der Waals surface area contributed by atoms with Crippen molar-refractivity contribution in [3.05, 3.63) is 35.3 Å². The maximum Gasteiger partial charge on any atom is 0.326 e. The Bertz CT molecular complexity index is 606. The van der Waals surface area contributed by atoms with E-state index in [2.05, 4.69) is 10.3 Å². The van der Waals surface area contributed by atoms with Crippen LogP contribution in [0.5, 0.6) is 0 Å². The van der Waals surface area contributed by atoms with Gasteiger partial charge in [0.05, 0.1) is 0 Å². The zero-order valence-corrected chi connectivity index (χ0v) is 8.96. The normalized spacial score (nSPS) is 19.2. The van der Waals surface area contributed by atoms with Gasteiger partial charge in [0, 0.05) is 23.1 Å². The van der Waals surface area contributed by atoms with Crippen LogP contribution in [0, 0.1) is 5.82 Å². The predicted molar refractivity (Wildman–Crippen MR) is 60.3 cm³/mol. The van der Waals surface area contributed by atoms with Gasteiger partial charge in [-0.05, 0) is 30.2 Å². The molecule has 1 unspecified atom stereocenters. The van der Waals surface area contributed by atoms with Crippen molar-refractivity contribution in [2.75, 3.05) is 6.54 Å². The van der Waals surface area contributed by atoms with E-state index in [-0.39, 0.29) is 5.82 Å². The zero-order chi connectivity index (χ0) is 12.0. The summed E-state index contributed by atoms with van der Waals surface area (Å²) in [5.74, 6) is -1.22. The fraction of sp³-hybridized carbons (Fsp3) is 0.250. The highest BCUT2D eigenvalue weighted by atomic mass is 19.1. The topological polar surface area (TPSA) is 65.1 Å². The summed E-state index contributed by atoms with van der Waals surface area (Å²) in [7, 11) is 0. The third-order valence-corrected chi connectivity index (χ3v) is 3.16. The Balaban J connectivity index is 2.25. The molecule has 0 radical (unpaired) electrons. The van der Waals surface area contributed by atoms with Crippen LogP contribution in [0.3, 0.4) is 0 Å².